The highest BCUT2D eigenvalue weighted by Crippen LogP contribution is 2.42. The average molecular weight is 314 g/mol. The van der Waals surface area contributed by atoms with Crippen LogP contribution in [-0.2, 0) is 0 Å². The second kappa shape index (κ2) is 4.57. The molecule has 4 N–H and O–H groups in total. The van der Waals surface area contributed by atoms with Gasteiger partial charge in [-0.25, -0.2) is 0 Å². The van der Waals surface area contributed by atoms with Crippen molar-refractivity contribution in [2.45, 2.75) is 6.92 Å². The third-order valence-electron chi connectivity index (χ3n) is 3.68. The second-order valence-corrected chi connectivity index (χ2v) is 5.14. The number of benzene rings is 2. The fraction of sp³-hybridized carbons (Fsp3) is 0.0625. The molecular weight excluding hydrogens is 304 g/mol. The lowest BCUT2D eigenvalue weighted by atomic mass is 9.81. The molecule has 7 heteroatoms. The predicted octanol–water partition coefficient (Wildman–Crippen LogP) is 1.49. The van der Waals surface area contributed by atoms with E-state index in [4.69, 9.17) is 0 Å². The Labute approximate surface area is 129 Å². The van der Waals surface area contributed by atoms with E-state index in [1.165, 1.54) is 0 Å². The van der Waals surface area contributed by atoms with Crippen molar-refractivity contribution in [2.75, 3.05) is 0 Å². The highest BCUT2D eigenvalue weighted by molar-refractivity contribution is 6.31. The topological polar surface area (TPSA) is 132 Å². The minimum absolute atomic E-state index is 0.255. The Balaban J connectivity index is 2.41. The van der Waals surface area contributed by atoms with Crippen LogP contribution in [-0.4, -0.2) is 37.8 Å². The van der Waals surface area contributed by atoms with Gasteiger partial charge in [0.2, 0.25) is 5.78 Å². The smallest absolute Gasteiger partial charge is 0.202 e. The quantitative estimate of drug-likeness (QED) is 0.500. The SMILES string of the molecule is CC(=O)c1c(O)cc2c(c1O)C(=O)c1c(O)cc(O)cc1C2=O. The first-order valence-electron chi connectivity index (χ1n) is 6.49. The molecule has 0 saturated carbocycles. The zero-order valence-corrected chi connectivity index (χ0v) is 11.7. The first kappa shape index (κ1) is 14.6. The molecule has 3 rings (SSSR count). The van der Waals surface area contributed by atoms with Crippen LogP contribution in [0.3, 0.4) is 0 Å². The standard InChI is InChI=1S/C16H10O7/c1-5(17)11-10(20)4-8-13(15(11)22)16(23)12-7(14(8)21)2-6(18)3-9(12)19/h2-4,18-20,22H,1H3. The first-order chi connectivity index (χ1) is 10.7. The van der Waals surface area contributed by atoms with Gasteiger partial charge in [0, 0.05) is 17.2 Å². The highest BCUT2D eigenvalue weighted by atomic mass is 16.3. The molecule has 0 bridgehead atoms. The number of hydrogen-bond donors (Lipinski definition) is 4. The van der Waals surface area contributed by atoms with Crippen LogP contribution in [0.15, 0.2) is 18.2 Å². The van der Waals surface area contributed by atoms with E-state index in [-0.39, 0.29) is 16.7 Å². The lowest BCUT2D eigenvalue weighted by Gasteiger charge is -2.21. The maximum absolute atomic E-state index is 12.5. The zero-order valence-electron chi connectivity index (χ0n) is 11.7. The van der Waals surface area contributed by atoms with Crippen LogP contribution >= 0.6 is 0 Å². The van der Waals surface area contributed by atoms with Crippen LogP contribution in [0.5, 0.6) is 23.0 Å². The minimum Gasteiger partial charge on any atom is -0.508 e. The summed E-state index contributed by atoms with van der Waals surface area (Å²) in [5.41, 5.74) is -1.89. The lowest BCUT2D eigenvalue weighted by molar-refractivity contribution is 0.0970. The molecule has 0 aromatic heterocycles. The Morgan fingerprint density at radius 3 is 2.04 bits per heavy atom. The number of rotatable bonds is 1. The van der Waals surface area contributed by atoms with Crippen LogP contribution in [0, 0.1) is 0 Å². The number of phenols is 4. The van der Waals surface area contributed by atoms with Gasteiger partial charge >= 0.3 is 0 Å². The summed E-state index contributed by atoms with van der Waals surface area (Å²) in [5, 5.41) is 39.3. The largest absolute Gasteiger partial charge is 0.508 e. The number of ketones is 3. The maximum atomic E-state index is 12.5. The molecule has 0 spiro atoms. The van der Waals surface area contributed by atoms with Gasteiger partial charge in [-0.1, -0.05) is 0 Å². The number of hydrogen-bond acceptors (Lipinski definition) is 7. The van der Waals surface area contributed by atoms with E-state index in [0.29, 0.717) is 0 Å². The van der Waals surface area contributed by atoms with Crippen molar-refractivity contribution in [3.63, 3.8) is 0 Å². The van der Waals surface area contributed by atoms with E-state index in [1.807, 2.05) is 0 Å². The Hall–Kier alpha value is -3.35. The molecule has 23 heavy (non-hydrogen) atoms. The summed E-state index contributed by atoms with van der Waals surface area (Å²) in [6.45, 7) is 1.08. The zero-order chi connectivity index (χ0) is 17.0. The summed E-state index contributed by atoms with van der Waals surface area (Å²) in [6.07, 6.45) is 0. The number of phenolic OH excluding ortho intramolecular Hbond substituents is 4. The number of fused-ring (bicyclic) bond motifs is 2. The van der Waals surface area contributed by atoms with Crippen molar-refractivity contribution in [1.82, 2.24) is 0 Å². The van der Waals surface area contributed by atoms with E-state index in [9.17, 15) is 34.8 Å². The van der Waals surface area contributed by atoms with Gasteiger partial charge in [-0.05, 0) is 19.1 Å². The molecule has 7 nitrogen and oxygen atoms in total. The third-order valence-corrected chi connectivity index (χ3v) is 3.68. The predicted molar refractivity (Wildman–Crippen MR) is 76.4 cm³/mol. The van der Waals surface area contributed by atoms with Gasteiger partial charge in [0.25, 0.3) is 0 Å². The maximum Gasteiger partial charge on any atom is 0.202 e. The van der Waals surface area contributed by atoms with Crippen LogP contribution < -0.4 is 0 Å². The normalized spacial score (nSPS) is 12.7. The molecule has 1 aliphatic rings. The number of carbonyl (C=O) groups is 3. The Morgan fingerprint density at radius 1 is 0.826 bits per heavy atom. The van der Waals surface area contributed by atoms with E-state index >= 15 is 0 Å². The van der Waals surface area contributed by atoms with Gasteiger partial charge in [-0.3, -0.25) is 14.4 Å². The summed E-state index contributed by atoms with van der Waals surface area (Å²) in [4.78, 5) is 36.5. The van der Waals surface area contributed by atoms with Crippen LogP contribution in [0.2, 0.25) is 0 Å². The minimum atomic E-state index is -0.882. The average Bonchev–Trinajstić information content (AvgIpc) is 2.42. The monoisotopic (exact) mass is 314 g/mol. The number of aromatic hydroxyl groups is 4. The van der Waals surface area contributed by atoms with Gasteiger partial charge in [0.15, 0.2) is 11.6 Å². The molecular formula is C16H10O7. The Morgan fingerprint density at radius 2 is 1.43 bits per heavy atom. The van der Waals surface area contributed by atoms with Crippen molar-refractivity contribution in [3.05, 3.63) is 46.0 Å². The van der Waals surface area contributed by atoms with Crippen molar-refractivity contribution < 1.29 is 34.8 Å². The molecule has 116 valence electrons. The molecule has 0 unspecified atom stereocenters. The van der Waals surface area contributed by atoms with Crippen LogP contribution in [0.4, 0.5) is 0 Å². The van der Waals surface area contributed by atoms with Crippen LogP contribution in [0.25, 0.3) is 0 Å². The van der Waals surface area contributed by atoms with E-state index in [0.717, 1.165) is 25.1 Å². The summed E-state index contributed by atoms with van der Waals surface area (Å²) >= 11 is 0. The van der Waals surface area contributed by atoms with Gasteiger partial charge in [0.05, 0.1) is 11.1 Å². The molecule has 0 saturated heterocycles. The van der Waals surface area contributed by atoms with Crippen LogP contribution in [0.1, 0.15) is 49.1 Å². The lowest BCUT2D eigenvalue weighted by Crippen LogP contribution is -2.22. The molecule has 0 radical (unpaired) electrons. The molecule has 0 fully saturated rings. The van der Waals surface area contributed by atoms with Gasteiger partial charge in [-0.15, -0.1) is 0 Å². The van der Waals surface area contributed by atoms with E-state index in [1.54, 1.807) is 0 Å². The van der Waals surface area contributed by atoms with Gasteiger partial charge in [-0.2, -0.15) is 0 Å². The van der Waals surface area contributed by atoms with Gasteiger partial charge in [0.1, 0.15) is 28.6 Å². The van der Waals surface area contributed by atoms with E-state index < -0.39 is 51.5 Å². The molecule has 2 aromatic rings. The van der Waals surface area contributed by atoms with Crippen molar-refractivity contribution in [1.29, 1.82) is 0 Å². The first-order valence-corrected chi connectivity index (χ1v) is 6.49. The highest BCUT2D eigenvalue weighted by Gasteiger charge is 2.37. The molecule has 0 atom stereocenters. The van der Waals surface area contributed by atoms with Crippen molar-refractivity contribution in [3.8, 4) is 23.0 Å². The molecule has 0 amide bonds. The summed E-state index contributed by atoms with van der Waals surface area (Å²) in [5.74, 6) is -4.84. The molecule has 0 aliphatic heterocycles. The van der Waals surface area contributed by atoms with E-state index in [2.05, 4.69) is 0 Å². The third kappa shape index (κ3) is 1.87. The molecule has 0 heterocycles. The Kier molecular flexibility index (Phi) is 2.90. The molecule has 2 aromatic carbocycles. The number of Topliss-reactive ketones (excluding diaryl/α,β-unsaturated/α-hetero) is 1. The fourth-order valence-corrected chi connectivity index (χ4v) is 2.71. The van der Waals surface area contributed by atoms with Crippen molar-refractivity contribution >= 4 is 17.3 Å². The summed E-state index contributed by atoms with van der Waals surface area (Å²) in [7, 11) is 0. The van der Waals surface area contributed by atoms with Gasteiger partial charge < -0.3 is 20.4 Å². The molecule has 1 aliphatic carbocycles. The number of carbonyl (C=O) groups excluding carboxylic acids is 3. The summed E-state index contributed by atoms with van der Waals surface area (Å²) in [6, 6.07) is 2.81. The second-order valence-electron chi connectivity index (χ2n) is 5.14. The fourth-order valence-electron chi connectivity index (χ4n) is 2.71. The van der Waals surface area contributed by atoms with Crippen molar-refractivity contribution in [2.24, 2.45) is 0 Å². The Bertz CT molecular complexity index is 925. The summed E-state index contributed by atoms with van der Waals surface area (Å²) < 4.78 is 0.